The SMILES string of the molecule is Cc1cc(C)c(C#N)c(SCCC(=O)NC(N)=O)n1. The summed E-state index contributed by atoms with van der Waals surface area (Å²) in [5.41, 5.74) is 7.03. The number of amides is 3. The molecule has 1 aromatic heterocycles. The van der Waals surface area contributed by atoms with Gasteiger partial charge in [-0.1, -0.05) is 0 Å². The van der Waals surface area contributed by atoms with Crippen LogP contribution in [0.25, 0.3) is 0 Å². The summed E-state index contributed by atoms with van der Waals surface area (Å²) in [7, 11) is 0. The molecule has 1 heterocycles. The number of nitrogens with two attached hydrogens (primary N) is 1. The number of hydrogen-bond donors (Lipinski definition) is 2. The average Bonchev–Trinajstić information content (AvgIpc) is 2.27. The van der Waals surface area contributed by atoms with E-state index in [-0.39, 0.29) is 6.42 Å². The van der Waals surface area contributed by atoms with Crippen LogP contribution in [0, 0.1) is 25.2 Å². The van der Waals surface area contributed by atoms with Gasteiger partial charge in [-0.3, -0.25) is 10.1 Å². The van der Waals surface area contributed by atoms with Gasteiger partial charge in [0.1, 0.15) is 11.1 Å². The Hall–Kier alpha value is -2.07. The van der Waals surface area contributed by atoms with Crippen molar-refractivity contribution in [2.24, 2.45) is 5.73 Å². The third kappa shape index (κ3) is 4.60. The molecule has 19 heavy (non-hydrogen) atoms. The molecule has 0 saturated heterocycles. The van der Waals surface area contributed by atoms with Gasteiger partial charge in [0, 0.05) is 17.9 Å². The van der Waals surface area contributed by atoms with E-state index in [2.05, 4.69) is 11.1 Å². The summed E-state index contributed by atoms with van der Waals surface area (Å²) in [4.78, 5) is 26.0. The third-order valence-corrected chi connectivity index (χ3v) is 3.23. The molecular weight excluding hydrogens is 264 g/mol. The molecule has 0 aliphatic rings. The number of aromatic nitrogens is 1. The van der Waals surface area contributed by atoms with Crippen molar-refractivity contribution in [1.82, 2.24) is 10.3 Å². The highest BCUT2D eigenvalue weighted by atomic mass is 32.2. The van der Waals surface area contributed by atoms with Crippen LogP contribution < -0.4 is 11.1 Å². The predicted molar refractivity (Wildman–Crippen MR) is 71.5 cm³/mol. The Kier molecular flexibility index (Phi) is 5.33. The van der Waals surface area contributed by atoms with Gasteiger partial charge < -0.3 is 5.73 Å². The van der Waals surface area contributed by atoms with Gasteiger partial charge in [-0.15, -0.1) is 11.8 Å². The van der Waals surface area contributed by atoms with Crippen LogP contribution >= 0.6 is 11.8 Å². The van der Waals surface area contributed by atoms with Gasteiger partial charge in [-0.2, -0.15) is 5.26 Å². The Morgan fingerprint density at radius 1 is 1.53 bits per heavy atom. The second kappa shape index (κ2) is 6.75. The quantitative estimate of drug-likeness (QED) is 0.805. The van der Waals surface area contributed by atoms with Crippen molar-refractivity contribution in [2.75, 3.05) is 5.75 Å². The Bertz CT molecular complexity index is 551. The van der Waals surface area contributed by atoms with Gasteiger partial charge in [-0.25, -0.2) is 9.78 Å². The first kappa shape index (κ1) is 15.0. The maximum atomic E-state index is 11.2. The molecule has 0 saturated carbocycles. The molecule has 6 nitrogen and oxygen atoms in total. The van der Waals surface area contributed by atoms with Crippen LogP contribution in [0.4, 0.5) is 4.79 Å². The normalized spacial score (nSPS) is 9.74. The van der Waals surface area contributed by atoms with Crippen LogP contribution in [0.5, 0.6) is 0 Å². The van der Waals surface area contributed by atoms with Crippen molar-refractivity contribution in [2.45, 2.75) is 25.3 Å². The second-order valence-electron chi connectivity index (χ2n) is 3.88. The van der Waals surface area contributed by atoms with Crippen molar-refractivity contribution in [3.63, 3.8) is 0 Å². The first-order valence-electron chi connectivity index (χ1n) is 5.54. The molecule has 0 aromatic carbocycles. The van der Waals surface area contributed by atoms with Crippen LogP contribution in [-0.4, -0.2) is 22.7 Å². The van der Waals surface area contributed by atoms with Gasteiger partial charge in [0.25, 0.3) is 0 Å². The maximum absolute atomic E-state index is 11.2. The zero-order valence-electron chi connectivity index (χ0n) is 10.7. The van der Waals surface area contributed by atoms with Crippen molar-refractivity contribution >= 4 is 23.7 Å². The molecule has 0 atom stereocenters. The number of nitrogens with one attached hydrogen (secondary N) is 1. The molecule has 1 aromatic rings. The third-order valence-electron chi connectivity index (χ3n) is 2.25. The Morgan fingerprint density at radius 3 is 2.79 bits per heavy atom. The highest BCUT2D eigenvalue weighted by Crippen LogP contribution is 2.23. The number of rotatable bonds is 4. The van der Waals surface area contributed by atoms with Crippen LogP contribution in [0.2, 0.25) is 0 Å². The van der Waals surface area contributed by atoms with E-state index in [1.165, 1.54) is 11.8 Å². The van der Waals surface area contributed by atoms with Gasteiger partial charge in [0.05, 0.1) is 5.56 Å². The minimum atomic E-state index is -0.864. The van der Waals surface area contributed by atoms with Gasteiger partial charge in [0.2, 0.25) is 5.91 Å². The fourth-order valence-electron chi connectivity index (χ4n) is 1.48. The van der Waals surface area contributed by atoms with Gasteiger partial charge >= 0.3 is 6.03 Å². The molecule has 0 aliphatic carbocycles. The Balaban J connectivity index is 2.66. The summed E-state index contributed by atoms with van der Waals surface area (Å²) in [5.74, 6) is -0.0215. The summed E-state index contributed by atoms with van der Waals surface area (Å²) in [5, 5.41) is 11.7. The van der Waals surface area contributed by atoms with Gasteiger partial charge in [-0.05, 0) is 25.5 Å². The largest absolute Gasteiger partial charge is 0.351 e. The number of imide groups is 1. The zero-order chi connectivity index (χ0) is 14.4. The number of hydrogen-bond acceptors (Lipinski definition) is 5. The number of carbonyl (C=O) groups is 2. The number of aryl methyl sites for hydroxylation is 2. The lowest BCUT2D eigenvalue weighted by atomic mass is 10.1. The number of nitriles is 1. The lowest BCUT2D eigenvalue weighted by Crippen LogP contribution is -2.35. The van der Waals surface area contributed by atoms with Crippen LogP contribution in [0.15, 0.2) is 11.1 Å². The summed E-state index contributed by atoms with van der Waals surface area (Å²) >= 11 is 1.31. The monoisotopic (exact) mass is 278 g/mol. The fourth-order valence-corrected chi connectivity index (χ4v) is 2.52. The minimum Gasteiger partial charge on any atom is -0.351 e. The highest BCUT2D eigenvalue weighted by Gasteiger charge is 2.10. The van der Waals surface area contributed by atoms with E-state index in [0.717, 1.165) is 11.3 Å². The summed E-state index contributed by atoms with van der Waals surface area (Å²) in [6.07, 6.45) is 0.132. The lowest BCUT2D eigenvalue weighted by Gasteiger charge is -2.07. The topological polar surface area (TPSA) is 109 Å². The predicted octanol–water partition coefficient (Wildman–Crippen LogP) is 1.25. The first-order chi connectivity index (χ1) is 8.93. The minimum absolute atomic E-state index is 0.132. The van der Waals surface area contributed by atoms with E-state index in [4.69, 9.17) is 11.0 Å². The van der Waals surface area contributed by atoms with Crippen LogP contribution in [-0.2, 0) is 4.79 Å². The van der Waals surface area contributed by atoms with Crippen molar-refractivity contribution < 1.29 is 9.59 Å². The number of carbonyl (C=O) groups excluding carboxylic acids is 2. The smallest absolute Gasteiger partial charge is 0.318 e. The summed E-state index contributed by atoms with van der Waals surface area (Å²) < 4.78 is 0. The van der Waals surface area contributed by atoms with Crippen molar-refractivity contribution in [1.29, 1.82) is 5.26 Å². The van der Waals surface area contributed by atoms with E-state index >= 15 is 0 Å². The van der Waals surface area contributed by atoms with Crippen molar-refractivity contribution in [3.8, 4) is 6.07 Å². The Labute approximate surface area is 115 Å². The molecule has 100 valence electrons. The molecule has 0 bridgehead atoms. The molecule has 0 spiro atoms. The van der Waals surface area contributed by atoms with Crippen LogP contribution in [0.3, 0.4) is 0 Å². The molecule has 3 amide bonds. The average molecular weight is 278 g/mol. The lowest BCUT2D eigenvalue weighted by molar-refractivity contribution is -0.119. The second-order valence-corrected chi connectivity index (χ2v) is 4.97. The van der Waals surface area contributed by atoms with Crippen LogP contribution in [0.1, 0.15) is 23.2 Å². The molecule has 3 N–H and O–H groups in total. The molecular formula is C12H14N4O2S. The summed E-state index contributed by atoms with van der Waals surface area (Å²) in [6, 6.07) is 3.08. The van der Waals surface area contributed by atoms with E-state index in [1.807, 2.05) is 25.2 Å². The van der Waals surface area contributed by atoms with E-state index in [9.17, 15) is 9.59 Å². The zero-order valence-corrected chi connectivity index (χ0v) is 11.5. The fraction of sp³-hybridized carbons (Fsp3) is 0.333. The highest BCUT2D eigenvalue weighted by molar-refractivity contribution is 7.99. The standard InChI is InChI=1S/C12H14N4O2S/c1-7-5-8(2)15-11(9(7)6-13)19-4-3-10(17)16-12(14)18/h5H,3-4H2,1-2H3,(H3,14,16,17,18). The molecule has 0 unspecified atom stereocenters. The number of thioether (sulfide) groups is 1. The molecule has 0 radical (unpaired) electrons. The number of primary amides is 1. The van der Waals surface area contributed by atoms with E-state index < -0.39 is 11.9 Å². The molecule has 1 rings (SSSR count). The molecule has 0 fully saturated rings. The number of nitrogens with zero attached hydrogens (tertiary/aromatic N) is 2. The molecule has 7 heteroatoms. The number of urea groups is 1. The van der Waals surface area contributed by atoms with Crippen molar-refractivity contribution in [3.05, 3.63) is 22.9 Å². The Morgan fingerprint density at radius 2 is 2.21 bits per heavy atom. The number of pyridine rings is 1. The van der Waals surface area contributed by atoms with E-state index in [0.29, 0.717) is 16.3 Å². The van der Waals surface area contributed by atoms with E-state index in [1.54, 1.807) is 0 Å². The maximum Gasteiger partial charge on any atom is 0.318 e. The first-order valence-corrected chi connectivity index (χ1v) is 6.53. The van der Waals surface area contributed by atoms with Gasteiger partial charge in [0.15, 0.2) is 0 Å². The summed E-state index contributed by atoms with van der Waals surface area (Å²) in [6.45, 7) is 3.69. The molecule has 0 aliphatic heterocycles.